The van der Waals surface area contributed by atoms with Crippen LogP contribution in [0.2, 0.25) is 0 Å². The number of aromatic nitrogens is 1. The first-order valence-corrected chi connectivity index (χ1v) is 5.43. The standard InChI is InChI=1S/C9H14N2OS/c1-7-5-10-9(13-7)11-8-3-2-4-12-6-8/h5,8H,2-4,6H2,1H3,(H,10,11). The number of rotatable bonds is 2. The number of hydrogen-bond donors (Lipinski definition) is 1. The number of aryl methyl sites for hydroxylation is 1. The summed E-state index contributed by atoms with van der Waals surface area (Å²) in [7, 11) is 0. The molecule has 1 unspecified atom stereocenters. The zero-order valence-electron chi connectivity index (χ0n) is 7.75. The van der Waals surface area contributed by atoms with E-state index in [1.807, 2.05) is 6.20 Å². The Morgan fingerprint density at radius 1 is 1.69 bits per heavy atom. The van der Waals surface area contributed by atoms with Crippen molar-refractivity contribution in [3.8, 4) is 0 Å². The van der Waals surface area contributed by atoms with Gasteiger partial charge in [-0.25, -0.2) is 4.98 Å². The minimum absolute atomic E-state index is 0.458. The Morgan fingerprint density at radius 3 is 3.23 bits per heavy atom. The van der Waals surface area contributed by atoms with E-state index >= 15 is 0 Å². The van der Waals surface area contributed by atoms with Crippen LogP contribution in [0.15, 0.2) is 6.20 Å². The highest BCUT2D eigenvalue weighted by molar-refractivity contribution is 7.15. The normalized spacial score (nSPS) is 23.0. The zero-order valence-corrected chi connectivity index (χ0v) is 8.56. The van der Waals surface area contributed by atoms with Crippen molar-refractivity contribution >= 4 is 16.5 Å². The molecule has 1 fully saturated rings. The van der Waals surface area contributed by atoms with Gasteiger partial charge in [-0.1, -0.05) is 0 Å². The second kappa shape index (κ2) is 4.07. The molecule has 0 aromatic carbocycles. The summed E-state index contributed by atoms with van der Waals surface area (Å²) in [5, 5.41) is 4.41. The molecule has 1 aliphatic rings. The summed E-state index contributed by atoms with van der Waals surface area (Å²) in [4.78, 5) is 5.51. The minimum Gasteiger partial charge on any atom is -0.379 e. The summed E-state index contributed by atoms with van der Waals surface area (Å²) in [5.74, 6) is 0. The summed E-state index contributed by atoms with van der Waals surface area (Å²) in [6.07, 6.45) is 4.25. The lowest BCUT2D eigenvalue weighted by Crippen LogP contribution is -2.29. The Balaban J connectivity index is 1.89. The molecule has 3 nitrogen and oxygen atoms in total. The van der Waals surface area contributed by atoms with Crippen molar-refractivity contribution < 1.29 is 4.74 Å². The van der Waals surface area contributed by atoms with Gasteiger partial charge in [-0.2, -0.15) is 0 Å². The highest BCUT2D eigenvalue weighted by atomic mass is 32.1. The number of hydrogen-bond acceptors (Lipinski definition) is 4. The second-order valence-corrected chi connectivity index (χ2v) is 4.57. The molecule has 1 saturated heterocycles. The van der Waals surface area contributed by atoms with Crippen LogP contribution in [0.25, 0.3) is 0 Å². The molecule has 0 amide bonds. The van der Waals surface area contributed by atoms with Gasteiger partial charge in [-0.3, -0.25) is 0 Å². The van der Waals surface area contributed by atoms with E-state index in [9.17, 15) is 0 Å². The fourth-order valence-corrected chi connectivity index (χ4v) is 2.19. The first-order chi connectivity index (χ1) is 6.34. The van der Waals surface area contributed by atoms with Crippen molar-refractivity contribution in [3.63, 3.8) is 0 Å². The van der Waals surface area contributed by atoms with Gasteiger partial charge in [-0.05, 0) is 19.8 Å². The van der Waals surface area contributed by atoms with E-state index in [1.165, 1.54) is 11.3 Å². The first-order valence-electron chi connectivity index (χ1n) is 4.61. The molecule has 0 radical (unpaired) electrons. The Kier molecular flexibility index (Phi) is 2.80. The van der Waals surface area contributed by atoms with E-state index in [2.05, 4.69) is 17.2 Å². The smallest absolute Gasteiger partial charge is 0.183 e. The molecule has 0 spiro atoms. The van der Waals surface area contributed by atoms with Crippen LogP contribution in [0.4, 0.5) is 5.13 Å². The molecule has 13 heavy (non-hydrogen) atoms. The van der Waals surface area contributed by atoms with E-state index in [0.717, 1.165) is 24.8 Å². The third-order valence-corrected chi connectivity index (χ3v) is 2.95. The van der Waals surface area contributed by atoms with Crippen LogP contribution >= 0.6 is 11.3 Å². The molecule has 72 valence electrons. The number of nitrogens with zero attached hydrogens (tertiary/aromatic N) is 1. The molecule has 4 heteroatoms. The van der Waals surface area contributed by atoms with Crippen molar-refractivity contribution in [1.29, 1.82) is 0 Å². The number of thiazole rings is 1. The van der Waals surface area contributed by atoms with Gasteiger partial charge in [0.2, 0.25) is 0 Å². The molecular formula is C9H14N2OS. The molecule has 0 bridgehead atoms. The van der Waals surface area contributed by atoms with Gasteiger partial charge in [-0.15, -0.1) is 11.3 Å². The maximum Gasteiger partial charge on any atom is 0.183 e. The molecular weight excluding hydrogens is 184 g/mol. The Bertz CT molecular complexity index is 268. The SMILES string of the molecule is Cc1cnc(NC2CCCOC2)s1. The Morgan fingerprint density at radius 2 is 2.62 bits per heavy atom. The lowest BCUT2D eigenvalue weighted by Gasteiger charge is -2.22. The van der Waals surface area contributed by atoms with Crippen molar-refractivity contribution in [1.82, 2.24) is 4.98 Å². The van der Waals surface area contributed by atoms with E-state index in [0.29, 0.717) is 6.04 Å². The average Bonchev–Trinajstić information content (AvgIpc) is 2.53. The summed E-state index contributed by atoms with van der Waals surface area (Å²) in [5.41, 5.74) is 0. The highest BCUT2D eigenvalue weighted by Crippen LogP contribution is 2.19. The maximum atomic E-state index is 5.38. The van der Waals surface area contributed by atoms with Crippen LogP contribution in [-0.2, 0) is 4.74 Å². The summed E-state index contributed by atoms with van der Waals surface area (Å²) in [6, 6.07) is 0.458. The molecule has 1 aromatic heterocycles. The van der Waals surface area contributed by atoms with Gasteiger partial charge in [0, 0.05) is 17.7 Å². The van der Waals surface area contributed by atoms with E-state index in [1.54, 1.807) is 11.3 Å². The first kappa shape index (κ1) is 8.97. The maximum absolute atomic E-state index is 5.38. The molecule has 1 aromatic rings. The molecule has 0 aliphatic carbocycles. The van der Waals surface area contributed by atoms with Crippen molar-refractivity contribution in [2.24, 2.45) is 0 Å². The van der Waals surface area contributed by atoms with Crippen LogP contribution in [0, 0.1) is 6.92 Å². The molecule has 1 aliphatic heterocycles. The zero-order chi connectivity index (χ0) is 9.10. The second-order valence-electron chi connectivity index (χ2n) is 3.33. The molecule has 1 N–H and O–H groups in total. The van der Waals surface area contributed by atoms with Crippen LogP contribution in [0.5, 0.6) is 0 Å². The number of ether oxygens (including phenoxy) is 1. The van der Waals surface area contributed by atoms with Crippen LogP contribution < -0.4 is 5.32 Å². The van der Waals surface area contributed by atoms with Crippen LogP contribution in [0.1, 0.15) is 17.7 Å². The number of nitrogens with one attached hydrogen (secondary N) is 1. The van der Waals surface area contributed by atoms with Crippen LogP contribution in [-0.4, -0.2) is 24.2 Å². The molecule has 2 rings (SSSR count). The quantitative estimate of drug-likeness (QED) is 0.789. The largest absolute Gasteiger partial charge is 0.379 e. The summed E-state index contributed by atoms with van der Waals surface area (Å²) in [6.45, 7) is 3.80. The average molecular weight is 198 g/mol. The van der Waals surface area contributed by atoms with Gasteiger partial charge in [0.25, 0.3) is 0 Å². The van der Waals surface area contributed by atoms with Gasteiger partial charge < -0.3 is 10.1 Å². The number of anilines is 1. The molecule has 0 saturated carbocycles. The lowest BCUT2D eigenvalue weighted by atomic mass is 10.1. The van der Waals surface area contributed by atoms with Crippen molar-refractivity contribution in [2.75, 3.05) is 18.5 Å². The third kappa shape index (κ3) is 2.42. The Hall–Kier alpha value is -0.610. The van der Waals surface area contributed by atoms with Crippen LogP contribution in [0.3, 0.4) is 0 Å². The molecule has 1 atom stereocenters. The van der Waals surface area contributed by atoms with Gasteiger partial charge in [0.1, 0.15) is 0 Å². The predicted molar refractivity (Wildman–Crippen MR) is 54.3 cm³/mol. The highest BCUT2D eigenvalue weighted by Gasteiger charge is 2.14. The summed E-state index contributed by atoms with van der Waals surface area (Å²) >= 11 is 1.70. The Labute approximate surface area is 82.1 Å². The van der Waals surface area contributed by atoms with E-state index in [-0.39, 0.29) is 0 Å². The predicted octanol–water partition coefficient (Wildman–Crippen LogP) is 2.04. The topological polar surface area (TPSA) is 34.2 Å². The fraction of sp³-hybridized carbons (Fsp3) is 0.667. The van der Waals surface area contributed by atoms with Gasteiger partial charge in [0.05, 0.1) is 12.6 Å². The monoisotopic (exact) mass is 198 g/mol. The van der Waals surface area contributed by atoms with E-state index < -0.39 is 0 Å². The van der Waals surface area contributed by atoms with Crippen molar-refractivity contribution in [3.05, 3.63) is 11.1 Å². The van der Waals surface area contributed by atoms with E-state index in [4.69, 9.17) is 4.74 Å². The lowest BCUT2D eigenvalue weighted by molar-refractivity contribution is 0.0876. The van der Waals surface area contributed by atoms with Gasteiger partial charge >= 0.3 is 0 Å². The van der Waals surface area contributed by atoms with Gasteiger partial charge in [0.15, 0.2) is 5.13 Å². The third-order valence-electron chi connectivity index (χ3n) is 2.11. The summed E-state index contributed by atoms with van der Waals surface area (Å²) < 4.78 is 5.38. The fourth-order valence-electron chi connectivity index (χ4n) is 1.45. The molecule has 2 heterocycles. The van der Waals surface area contributed by atoms with Crippen molar-refractivity contribution in [2.45, 2.75) is 25.8 Å². The minimum atomic E-state index is 0.458.